The summed E-state index contributed by atoms with van der Waals surface area (Å²) in [5.74, 6) is 0.0513. The van der Waals surface area contributed by atoms with Crippen molar-refractivity contribution in [1.29, 1.82) is 0 Å². The van der Waals surface area contributed by atoms with Crippen molar-refractivity contribution in [2.45, 2.75) is 30.9 Å². The molecule has 1 aliphatic heterocycles. The number of rotatable bonds is 4. The van der Waals surface area contributed by atoms with Crippen LogP contribution in [0.2, 0.25) is 5.02 Å². The molecule has 0 aromatic heterocycles. The first kappa shape index (κ1) is 12.8. The molecule has 1 saturated heterocycles. The van der Waals surface area contributed by atoms with E-state index in [-0.39, 0.29) is 6.10 Å². The first-order valence-corrected chi connectivity index (χ1v) is 6.89. The number of benzene rings is 1. The van der Waals surface area contributed by atoms with Crippen LogP contribution in [0.15, 0.2) is 24.3 Å². The Labute approximate surface area is 116 Å². The highest BCUT2D eigenvalue weighted by Gasteiger charge is 2.56. The Kier molecular flexibility index (Phi) is 3.15. The highest BCUT2D eigenvalue weighted by molar-refractivity contribution is 6.30. The summed E-state index contributed by atoms with van der Waals surface area (Å²) in [5, 5.41) is 9.93. The van der Waals surface area contributed by atoms with Crippen LogP contribution in [0.5, 0.6) is 5.75 Å². The van der Waals surface area contributed by atoms with E-state index in [0.29, 0.717) is 11.6 Å². The first-order valence-electron chi connectivity index (χ1n) is 6.51. The molecule has 0 unspecified atom stereocenters. The van der Waals surface area contributed by atoms with Gasteiger partial charge in [-0.3, -0.25) is 9.69 Å². The molecular weight excluding hydrogens is 266 g/mol. The zero-order valence-electron chi connectivity index (χ0n) is 10.5. The summed E-state index contributed by atoms with van der Waals surface area (Å²) >= 11 is 5.91. The van der Waals surface area contributed by atoms with Crippen molar-refractivity contribution in [1.82, 2.24) is 4.90 Å². The molecule has 0 bridgehead atoms. The van der Waals surface area contributed by atoms with E-state index in [2.05, 4.69) is 0 Å². The fourth-order valence-corrected chi connectivity index (χ4v) is 2.91. The SMILES string of the molecule is O=C(O)C1(N2CC[C@@H](Oc3cccc(Cl)c3)C2)CC1. The van der Waals surface area contributed by atoms with Crippen molar-refractivity contribution >= 4 is 17.6 Å². The molecule has 19 heavy (non-hydrogen) atoms. The predicted molar refractivity (Wildman–Crippen MR) is 71.7 cm³/mol. The molecular formula is C14H16ClNO3. The summed E-state index contributed by atoms with van der Waals surface area (Å²) in [6.07, 6.45) is 2.43. The van der Waals surface area contributed by atoms with Gasteiger partial charge in [-0.1, -0.05) is 17.7 Å². The number of hydrogen-bond donors (Lipinski definition) is 1. The van der Waals surface area contributed by atoms with E-state index < -0.39 is 11.5 Å². The molecule has 1 aliphatic carbocycles. The molecule has 1 saturated carbocycles. The Hall–Kier alpha value is -1.26. The van der Waals surface area contributed by atoms with Gasteiger partial charge in [-0.25, -0.2) is 0 Å². The monoisotopic (exact) mass is 281 g/mol. The molecule has 0 spiro atoms. The maximum absolute atomic E-state index is 11.3. The molecule has 2 fully saturated rings. The minimum Gasteiger partial charge on any atom is -0.489 e. The second-order valence-corrected chi connectivity index (χ2v) is 5.71. The number of carbonyl (C=O) groups is 1. The van der Waals surface area contributed by atoms with Crippen molar-refractivity contribution < 1.29 is 14.6 Å². The quantitative estimate of drug-likeness (QED) is 0.921. The van der Waals surface area contributed by atoms with Crippen LogP contribution in [0.25, 0.3) is 0 Å². The van der Waals surface area contributed by atoms with Crippen LogP contribution in [-0.4, -0.2) is 40.7 Å². The Bertz CT molecular complexity index is 501. The minimum absolute atomic E-state index is 0.0512. The number of carboxylic acids is 1. The number of halogens is 1. The normalized spacial score (nSPS) is 25.2. The number of likely N-dealkylation sites (tertiary alicyclic amines) is 1. The zero-order valence-corrected chi connectivity index (χ0v) is 11.3. The van der Waals surface area contributed by atoms with E-state index in [9.17, 15) is 9.90 Å². The van der Waals surface area contributed by atoms with Gasteiger partial charge in [-0.15, -0.1) is 0 Å². The van der Waals surface area contributed by atoms with Gasteiger partial charge >= 0.3 is 5.97 Å². The average molecular weight is 282 g/mol. The van der Waals surface area contributed by atoms with Crippen LogP contribution in [0.3, 0.4) is 0 Å². The molecule has 1 atom stereocenters. The van der Waals surface area contributed by atoms with Gasteiger partial charge in [-0.2, -0.15) is 0 Å². The Morgan fingerprint density at radius 2 is 2.26 bits per heavy atom. The van der Waals surface area contributed by atoms with Gasteiger partial charge in [0.05, 0.1) is 0 Å². The number of ether oxygens (including phenoxy) is 1. The van der Waals surface area contributed by atoms with Crippen molar-refractivity contribution in [2.75, 3.05) is 13.1 Å². The lowest BCUT2D eigenvalue weighted by molar-refractivity contribution is -0.144. The fraction of sp³-hybridized carbons (Fsp3) is 0.500. The number of hydrogen-bond acceptors (Lipinski definition) is 3. The third-order valence-electron chi connectivity index (χ3n) is 3.97. The van der Waals surface area contributed by atoms with E-state index in [4.69, 9.17) is 16.3 Å². The van der Waals surface area contributed by atoms with Crippen LogP contribution in [0, 0.1) is 0 Å². The second-order valence-electron chi connectivity index (χ2n) is 5.27. The van der Waals surface area contributed by atoms with Gasteiger partial charge < -0.3 is 9.84 Å². The van der Waals surface area contributed by atoms with Crippen molar-refractivity contribution in [3.05, 3.63) is 29.3 Å². The van der Waals surface area contributed by atoms with E-state index in [1.165, 1.54) is 0 Å². The van der Waals surface area contributed by atoms with Crippen LogP contribution in [0.1, 0.15) is 19.3 Å². The molecule has 0 amide bonds. The Morgan fingerprint density at radius 3 is 2.89 bits per heavy atom. The van der Waals surface area contributed by atoms with E-state index in [1.807, 2.05) is 17.0 Å². The van der Waals surface area contributed by atoms with E-state index >= 15 is 0 Å². The molecule has 1 heterocycles. The van der Waals surface area contributed by atoms with Gasteiger partial charge in [0.15, 0.2) is 0 Å². The van der Waals surface area contributed by atoms with Gasteiger partial charge in [-0.05, 0) is 37.5 Å². The topological polar surface area (TPSA) is 49.8 Å². The molecule has 1 aromatic carbocycles. The van der Waals surface area contributed by atoms with Crippen LogP contribution in [-0.2, 0) is 4.79 Å². The molecule has 5 heteroatoms. The summed E-state index contributed by atoms with van der Waals surface area (Å²) in [4.78, 5) is 13.3. The summed E-state index contributed by atoms with van der Waals surface area (Å²) in [7, 11) is 0. The minimum atomic E-state index is -0.698. The molecule has 1 N–H and O–H groups in total. The van der Waals surface area contributed by atoms with Gasteiger partial charge in [0.2, 0.25) is 0 Å². The van der Waals surface area contributed by atoms with E-state index in [0.717, 1.165) is 31.6 Å². The van der Waals surface area contributed by atoms with Crippen LogP contribution < -0.4 is 4.74 Å². The largest absolute Gasteiger partial charge is 0.489 e. The van der Waals surface area contributed by atoms with E-state index in [1.54, 1.807) is 12.1 Å². The first-order chi connectivity index (χ1) is 9.10. The molecule has 0 radical (unpaired) electrons. The summed E-state index contributed by atoms with van der Waals surface area (Å²) < 4.78 is 5.87. The number of nitrogens with zero attached hydrogens (tertiary/aromatic N) is 1. The average Bonchev–Trinajstić information content (AvgIpc) is 3.05. The number of carboxylic acid groups (broad SMARTS) is 1. The lowest BCUT2D eigenvalue weighted by atomic mass is 10.2. The number of aliphatic carboxylic acids is 1. The van der Waals surface area contributed by atoms with Gasteiger partial charge in [0.1, 0.15) is 17.4 Å². The lowest BCUT2D eigenvalue weighted by Crippen LogP contribution is -2.42. The summed E-state index contributed by atoms with van der Waals surface area (Å²) in [6.45, 7) is 1.47. The van der Waals surface area contributed by atoms with Crippen LogP contribution in [0.4, 0.5) is 0 Å². The van der Waals surface area contributed by atoms with Crippen molar-refractivity contribution in [3.63, 3.8) is 0 Å². The Morgan fingerprint density at radius 1 is 1.47 bits per heavy atom. The van der Waals surface area contributed by atoms with Crippen LogP contribution >= 0.6 is 11.6 Å². The standard InChI is InChI=1S/C14H16ClNO3/c15-10-2-1-3-11(8-10)19-12-4-7-16(9-12)14(5-6-14)13(17)18/h1-3,8,12H,4-7,9H2,(H,17,18)/t12-/m1/s1. The van der Waals surface area contributed by atoms with Crippen molar-refractivity contribution in [2.24, 2.45) is 0 Å². The van der Waals surface area contributed by atoms with Crippen molar-refractivity contribution in [3.8, 4) is 5.75 Å². The highest BCUT2D eigenvalue weighted by atomic mass is 35.5. The maximum atomic E-state index is 11.3. The predicted octanol–water partition coefficient (Wildman–Crippen LogP) is 2.41. The maximum Gasteiger partial charge on any atom is 0.324 e. The van der Waals surface area contributed by atoms with Gasteiger partial charge in [0, 0.05) is 18.1 Å². The summed E-state index contributed by atoms with van der Waals surface area (Å²) in [5.41, 5.74) is -0.605. The molecule has 3 rings (SSSR count). The Balaban J connectivity index is 1.62. The second kappa shape index (κ2) is 4.69. The molecule has 2 aliphatic rings. The molecule has 4 nitrogen and oxygen atoms in total. The smallest absolute Gasteiger partial charge is 0.324 e. The van der Waals surface area contributed by atoms with Gasteiger partial charge in [0.25, 0.3) is 0 Å². The third-order valence-corrected chi connectivity index (χ3v) is 4.21. The fourth-order valence-electron chi connectivity index (χ4n) is 2.73. The zero-order chi connectivity index (χ0) is 13.5. The molecule has 102 valence electrons. The third kappa shape index (κ3) is 2.42. The molecule has 1 aromatic rings. The summed E-state index contributed by atoms with van der Waals surface area (Å²) in [6, 6.07) is 7.32. The highest BCUT2D eigenvalue weighted by Crippen LogP contribution is 2.44. The lowest BCUT2D eigenvalue weighted by Gasteiger charge is -2.23.